The van der Waals surface area contributed by atoms with E-state index in [0.717, 1.165) is 0 Å². The number of hydrogen-bond donors (Lipinski definition) is 1. The van der Waals surface area contributed by atoms with E-state index in [2.05, 4.69) is 5.32 Å². The molecule has 0 saturated carbocycles. The molecule has 1 aliphatic rings. The number of hydrogen-bond acceptors (Lipinski definition) is 6. The first kappa shape index (κ1) is 23.2. The molecule has 1 heterocycles. The number of ether oxygens (including phenoxy) is 3. The predicted molar refractivity (Wildman–Crippen MR) is 118 cm³/mol. The zero-order chi connectivity index (χ0) is 22.6. The third kappa shape index (κ3) is 5.06. The normalized spacial score (nSPS) is 15.4. The lowest BCUT2D eigenvalue weighted by Crippen LogP contribution is -2.41. The molecule has 2 aromatic carbocycles. The molecule has 0 aromatic heterocycles. The molecule has 1 amide bonds. The molecule has 8 nitrogen and oxygen atoms in total. The molecule has 1 aliphatic heterocycles. The zero-order valence-electron chi connectivity index (χ0n) is 17.6. The summed E-state index contributed by atoms with van der Waals surface area (Å²) in [4.78, 5) is 12.8. The Kier molecular flexibility index (Phi) is 7.30. The number of nitrogens with one attached hydrogen (secondary N) is 1. The molecular formula is C21H25ClN2O6S. The van der Waals surface area contributed by atoms with Crippen molar-refractivity contribution in [3.8, 4) is 17.2 Å². The van der Waals surface area contributed by atoms with Gasteiger partial charge in [0.15, 0.2) is 0 Å². The van der Waals surface area contributed by atoms with Crippen molar-refractivity contribution in [2.24, 2.45) is 5.92 Å². The van der Waals surface area contributed by atoms with Gasteiger partial charge in [-0.25, -0.2) is 8.42 Å². The van der Waals surface area contributed by atoms with Crippen LogP contribution in [0, 0.1) is 5.92 Å². The summed E-state index contributed by atoms with van der Waals surface area (Å²) >= 11 is 6.02. The highest BCUT2D eigenvalue weighted by atomic mass is 35.5. The number of nitrogens with zero attached hydrogens (tertiary/aromatic N) is 1. The number of benzene rings is 2. The van der Waals surface area contributed by atoms with Crippen molar-refractivity contribution in [1.29, 1.82) is 0 Å². The first-order chi connectivity index (χ1) is 14.8. The maximum Gasteiger partial charge on any atom is 0.246 e. The second kappa shape index (κ2) is 9.76. The van der Waals surface area contributed by atoms with Crippen LogP contribution in [0.25, 0.3) is 0 Å². The fourth-order valence-electron chi connectivity index (χ4n) is 3.50. The van der Waals surface area contributed by atoms with E-state index in [1.165, 1.54) is 31.7 Å². The van der Waals surface area contributed by atoms with E-state index in [-0.39, 0.29) is 35.6 Å². The lowest BCUT2D eigenvalue weighted by molar-refractivity contribution is -0.120. The average molecular weight is 469 g/mol. The van der Waals surface area contributed by atoms with Crippen LogP contribution in [-0.2, 0) is 14.8 Å². The van der Waals surface area contributed by atoms with E-state index in [4.69, 9.17) is 25.8 Å². The highest BCUT2D eigenvalue weighted by Gasteiger charge is 2.34. The molecular weight excluding hydrogens is 444 g/mol. The molecule has 0 aliphatic carbocycles. The van der Waals surface area contributed by atoms with Crippen LogP contribution in [0.2, 0.25) is 5.02 Å². The largest absolute Gasteiger partial charge is 0.497 e. The highest BCUT2D eigenvalue weighted by molar-refractivity contribution is 7.89. The number of anilines is 1. The van der Waals surface area contributed by atoms with Crippen molar-refractivity contribution < 1.29 is 27.4 Å². The van der Waals surface area contributed by atoms with Crippen molar-refractivity contribution >= 4 is 33.2 Å². The van der Waals surface area contributed by atoms with Crippen molar-refractivity contribution in [2.75, 3.05) is 39.7 Å². The number of sulfonamides is 1. The standard InChI is InChI=1S/C21H25ClN2O6S/c1-28-16-5-7-19(30-3)20(13-16)31(26,27)24-10-8-14(9-11-24)21(25)23-17-12-15(22)4-6-18(17)29-2/h4-7,12-14H,8-11H2,1-3H3,(H,23,25). The number of amides is 1. The summed E-state index contributed by atoms with van der Waals surface area (Å²) in [6.07, 6.45) is 0.778. The van der Waals surface area contributed by atoms with Gasteiger partial charge in [-0.05, 0) is 43.2 Å². The molecule has 0 unspecified atom stereocenters. The van der Waals surface area contributed by atoms with E-state index in [1.807, 2.05) is 0 Å². The van der Waals surface area contributed by atoms with Crippen LogP contribution in [0.15, 0.2) is 41.3 Å². The average Bonchev–Trinajstić information content (AvgIpc) is 2.78. The smallest absolute Gasteiger partial charge is 0.246 e. The summed E-state index contributed by atoms with van der Waals surface area (Å²) in [7, 11) is 0.594. The monoisotopic (exact) mass is 468 g/mol. The van der Waals surface area contributed by atoms with Gasteiger partial charge < -0.3 is 19.5 Å². The summed E-state index contributed by atoms with van der Waals surface area (Å²) in [5, 5.41) is 3.31. The maximum absolute atomic E-state index is 13.2. The number of carbonyl (C=O) groups is 1. The predicted octanol–water partition coefficient (Wildman–Crippen LogP) is 3.41. The van der Waals surface area contributed by atoms with Crippen LogP contribution in [0.1, 0.15) is 12.8 Å². The van der Waals surface area contributed by atoms with Gasteiger partial charge in [-0.3, -0.25) is 4.79 Å². The quantitative estimate of drug-likeness (QED) is 0.669. The van der Waals surface area contributed by atoms with Crippen molar-refractivity contribution in [3.05, 3.63) is 41.4 Å². The third-order valence-electron chi connectivity index (χ3n) is 5.23. The van der Waals surface area contributed by atoms with Crippen LogP contribution < -0.4 is 19.5 Å². The molecule has 168 valence electrons. The molecule has 0 atom stereocenters. The van der Waals surface area contributed by atoms with Crippen LogP contribution in [0.5, 0.6) is 17.2 Å². The topological polar surface area (TPSA) is 94.2 Å². The number of piperidine rings is 1. The zero-order valence-corrected chi connectivity index (χ0v) is 19.1. The van der Waals surface area contributed by atoms with Crippen LogP contribution in [0.3, 0.4) is 0 Å². The summed E-state index contributed by atoms with van der Waals surface area (Å²) < 4.78 is 43.4. The minimum absolute atomic E-state index is 0.0425. The Morgan fingerprint density at radius 3 is 2.26 bits per heavy atom. The van der Waals surface area contributed by atoms with E-state index >= 15 is 0 Å². The first-order valence-electron chi connectivity index (χ1n) is 9.66. The molecule has 1 fully saturated rings. The Morgan fingerprint density at radius 2 is 1.65 bits per heavy atom. The van der Waals surface area contributed by atoms with Gasteiger partial charge in [-0.15, -0.1) is 0 Å². The Bertz CT molecular complexity index is 1050. The molecule has 0 spiro atoms. The maximum atomic E-state index is 13.2. The van der Waals surface area contributed by atoms with Crippen molar-refractivity contribution in [3.63, 3.8) is 0 Å². The van der Waals surface area contributed by atoms with Crippen molar-refractivity contribution in [1.82, 2.24) is 4.31 Å². The number of halogens is 1. The number of rotatable bonds is 7. The highest BCUT2D eigenvalue weighted by Crippen LogP contribution is 2.33. The van der Waals surface area contributed by atoms with E-state index in [0.29, 0.717) is 35.1 Å². The van der Waals surface area contributed by atoms with Crippen LogP contribution >= 0.6 is 11.6 Å². The number of carbonyl (C=O) groups excluding carboxylic acids is 1. The summed E-state index contributed by atoms with van der Waals surface area (Å²) in [5.41, 5.74) is 0.483. The Labute approximate surface area is 187 Å². The molecule has 2 aromatic rings. The van der Waals surface area contributed by atoms with E-state index in [1.54, 1.807) is 30.3 Å². The molecule has 0 bridgehead atoms. The second-order valence-electron chi connectivity index (χ2n) is 7.03. The van der Waals surface area contributed by atoms with E-state index < -0.39 is 10.0 Å². The van der Waals surface area contributed by atoms with Gasteiger partial charge in [0.25, 0.3) is 0 Å². The van der Waals surface area contributed by atoms with Gasteiger partial charge in [0, 0.05) is 30.1 Å². The van der Waals surface area contributed by atoms with E-state index in [9.17, 15) is 13.2 Å². The SMILES string of the molecule is COc1ccc(OC)c(S(=O)(=O)N2CCC(C(=O)Nc3cc(Cl)ccc3OC)CC2)c1. The summed E-state index contributed by atoms with van der Waals surface area (Å²) in [5.74, 6) is 0.639. The summed E-state index contributed by atoms with van der Waals surface area (Å²) in [6.45, 7) is 0.431. The van der Waals surface area contributed by atoms with Gasteiger partial charge in [0.2, 0.25) is 15.9 Å². The van der Waals surface area contributed by atoms with Crippen LogP contribution in [0.4, 0.5) is 5.69 Å². The minimum Gasteiger partial charge on any atom is -0.497 e. The summed E-state index contributed by atoms with van der Waals surface area (Å²) in [6, 6.07) is 9.61. The van der Waals surface area contributed by atoms with Gasteiger partial charge >= 0.3 is 0 Å². The second-order valence-corrected chi connectivity index (χ2v) is 9.37. The molecule has 0 radical (unpaired) electrons. The first-order valence-corrected chi connectivity index (χ1v) is 11.5. The third-order valence-corrected chi connectivity index (χ3v) is 7.39. The molecule has 10 heteroatoms. The fraction of sp³-hybridized carbons (Fsp3) is 0.381. The molecule has 1 N–H and O–H groups in total. The lowest BCUT2D eigenvalue weighted by atomic mass is 9.97. The fourth-order valence-corrected chi connectivity index (χ4v) is 5.31. The number of methoxy groups -OCH3 is 3. The van der Waals surface area contributed by atoms with Gasteiger partial charge in [0.05, 0.1) is 27.0 Å². The Hall–Kier alpha value is -2.49. The lowest BCUT2D eigenvalue weighted by Gasteiger charge is -2.31. The molecule has 1 saturated heterocycles. The van der Waals surface area contributed by atoms with Gasteiger partial charge in [-0.2, -0.15) is 4.31 Å². The van der Waals surface area contributed by atoms with Gasteiger partial charge in [-0.1, -0.05) is 11.6 Å². The molecule has 3 rings (SSSR count). The Morgan fingerprint density at radius 1 is 1.00 bits per heavy atom. The Balaban J connectivity index is 1.71. The minimum atomic E-state index is -3.80. The molecule has 31 heavy (non-hydrogen) atoms. The van der Waals surface area contributed by atoms with Crippen LogP contribution in [-0.4, -0.2) is 53.0 Å². The van der Waals surface area contributed by atoms with Gasteiger partial charge in [0.1, 0.15) is 22.1 Å². The van der Waals surface area contributed by atoms with Crippen molar-refractivity contribution in [2.45, 2.75) is 17.7 Å².